The molecule has 1 aromatic heterocycles. The zero-order valence-corrected chi connectivity index (χ0v) is 12.2. The number of hydrogen-bond donors (Lipinski definition) is 3. The number of hydrogen-bond acceptors (Lipinski definition) is 6. The number of phenols is 2. The second kappa shape index (κ2) is 5.84. The predicted molar refractivity (Wildman–Crippen MR) is 78.1 cm³/mol. The number of rotatable bonds is 3. The summed E-state index contributed by atoms with van der Waals surface area (Å²) in [5, 5.41) is 23.2. The maximum atomic E-state index is 12.2. The number of phenolic OH excluding ortho intramolecular Hbond substituents is 2. The molecule has 2 rings (SSSR count). The zero-order valence-electron chi connectivity index (χ0n) is 11.3. The highest BCUT2D eigenvalue weighted by Crippen LogP contribution is 2.30. The van der Waals surface area contributed by atoms with Gasteiger partial charge in [-0.15, -0.1) is 11.3 Å². The van der Waals surface area contributed by atoms with Crippen LogP contribution in [0, 0.1) is 6.92 Å². The summed E-state index contributed by atoms with van der Waals surface area (Å²) in [5.74, 6) is -1.62. The lowest BCUT2D eigenvalue weighted by molar-refractivity contribution is 0.0607. The number of carbonyl (C=O) groups is 2. The molecule has 2 aromatic rings. The van der Waals surface area contributed by atoms with Crippen LogP contribution in [0.4, 0.5) is 5.69 Å². The molecule has 6 nitrogen and oxygen atoms in total. The van der Waals surface area contributed by atoms with Gasteiger partial charge in [-0.1, -0.05) is 0 Å². The Bertz CT molecular complexity index is 707. The van der Waals surface area contributed by atoms with Crippen LogP contribution >= 0.6 is 11.3 Å². The van der Waals surface area contributed by atoms with Crippen LogP contribution in [-0.4, -0.2) is 29.2 Å². The molecule has 1 amide bonds. The maximum absolute atomic E-state index is 12.2. The third-order valence-corrected chi connectivity index (χ3v) is 3.89. The molecular weight excluding hydrogens is 294 g/mol. The first kappa shape index (κ1) is 14.9. The van der Waals surface area contributed by atoms with Gasteiger partial charge in [0.2, 0.25) is 0 Å². The molecule has 0 saturated carbocycles. The van der Waals surface area contributed by atoms with Gasteiger partial charge in [0, 0.05) is 6.07 Å². The van der Waals surface area contributed by atoms with E-state index in [1.165, 1.54) is 19.2 Å². The van der Waals surface area contributed by atoms with Gasteiger partial charge in [0.15, 0.2) is 0 Å². The SMILES string of the molecule is COC(=O)c1scc(C)c1NC(=O)c1ccc(O)cc1O. The molecule has 0 aliphatic carbocycles. The number of ether oxygens (including phenoxy) is 1. The number of esters is 1. The van der Waals surface area contributed by atoms with E-state index in [1.54, 1.807) is 12.3 Å². The van der Waals surface area contributed by atoms with Crippen LogP contribution in [0.1, 0.15) is 25.6 Å². The number of anilines is 1. The normalized spacial score (nSPS) is 10.2. The van der Waals surface area contributed by atoms with Crippen LogP contribution in [0.2, 0.25) is 0 Å². The lowest BCUT2D eigenvalue weighted by atomic mass is 10.1. The fourth-order valence-corrected chi connectivity index (χ4v) is 2.66. The van der Waals surface area contributed by atoms with E-state index in [2.05, 4.69) is 10.1 Å². The van der Waals surface area contributed by atoms with Gasteiger partial charge in [-0.2, -0.15) is 0 Å². The Morgan fingerprint density at radius 2 is 2.00 bits per heavy atom. The van der Waals surface area contributed by atoms with E-state index in [9.17, 15) is 19.8 Å². The summed E-state index contributed by atoms with van der Waals surface area (Å²) in [5.41, 5.74) is 1.06. The summed E-state index contributed by atoms with van der Waals surface area (Å²) >= 11 is 1.16. The Balaban J connectivity index is 2.32. The Morgan fingerprint density at radius 1 is 1.29 bits per heavy atom. The van der Waals surface area contributed by atoms with E-state index in [-0.39, 0.29) is 21.9 Å². The first-order valence-electron chi connectivity index (χ1n) is 5.93. The fraction of sp³-hybridized carbons (Fsp3) is 0.143. The number of benzene rings is 1. The van der Waals surface area contributed by atoms with Gasteiger partial charge in [0.05, 0.1) is 18.4 Å². The molecule has 0 aliphatic heterocycles. The second-order valence-electron chi connectivity index (χ2n) is 4.27. The first-order chi connectivity index (χ1) is 9.93. The van der Waals surface area contributed by atoms with Crippen molar-refractivity contribution in [3.05, 3.63) is 39.6 Å². The number of aryl methyl sites for hydroxylation is 1. The summed E-state index contributed by atoms with van der Waals surface area (Å²) in [4.78, 5) is 24.1. The zero-order chi connectivity index (χ0) is 15.6. The van der Waals surface area contributed by atoms with Crippen LogP contribution < -0.4 is 5.32 Å². The summed E-state index contributed by atoms with van der Waals surface area (Å²) in [6.45, 7) is 1.75. The summed E-state index contributed by atoms with van der Waals surface area (Å²) < 4.78 is 4.65. The van der Waals surface area contributed by atoms with E-state index in [1.807, 2.05) is 0 Å². The summed E-state index contributed by atoms with van der Waals surface area (Å²) in [6.07, 6.45) is 0. The molecule has 0 radical (unpaired) electrons. The van der Waals surface area contributed by atoms with Crippen molar-refractivity contribution in [1.29, 1.82) is 0 Å². The Morgan fingerprint density at radius 3 is 2.62 bits per heavy atom. The maximum Gasteiger partial charge on any atom is 0.350 e. The summed E-state index contributed by atoms with van der Waals surface area (Å²) in [6, 6.07) is 3.65. The molecule has 7 heteroatoms. The third kappa shape index (κ3) is 2.97. The van der Waals surface area contributed by atoms with E-state index >= 15 is 0 Å². The van der Waals surface area contributed by atoms with Crippen LogP contribution in [0.25, 0.3) is 0 Å². The molecule has 3 N–H and O–H groups in total. The van der Waals surface area contributed by atoms with Crippen LogP contribution in [0.3, 0.4) is 0 Å². The highest BCUT2D eigenvalue weighted by Gasteiger charge is 2.20. The van der Waals surface area contributed by atoms with E-state index < -0.39 is 11.9 Å². The molecule has 0 aliphatic rings. The lowest BCUT2D eigenvalue weighted by Crippen LogP contribution is -2.14. The molecule has 0 atom stereocenters. The smallest absolute Gasteiger partial charge is 0.350 e. The topological polar surface area (TPSA) is 95.9 Å². The minimum absolute atomic E-state index is 0.00536. The van der Waals surface area contributed by atoms with Crippen molar-refractivity contribution >= 4 is 28.9 Å². The predicted octanol–water partition coefficient (Wildman–Crippen LogP) is 2.51. The minimum atomic E-state index is -0.584. The average molecular weight is 307 g/mol. The molecule has 0 spiro atoms. The van der Waals surface area contributed by atoms with Crippen molar-refractivity contribution in [3.8, 4) is 11.5 Å². The van der Waals surface area contributed by atoms with E-state index in [0.717, 1.165) is 17.4 Å². The van der Waals surface area contributed by atoms with Crippen molar-refractivity contribution < 1.29 is 24.5 Å². The molecule has 0 fully saturated rings. The molecular formula is C14H13NO5S. The number of carbonyl (C=O) groups excluding carboxylic acids is 2. The van der Waals surface area contributed by atoms with Gasteiger partial charge in [-0.25, -0.2) is 4.79 Å². The van der Waals surface area contributed by atoms with Crippen LogP contribution in [0.15, 0.2) is 23.6 Å². The molecule has 1 heterocycles. The summed E-state index contributed by atoms with van der Waals surface area (Å²) in [7, 11) is 1.26. The lowest BCUT2D eigenvalue weighted by Gasteiger charge is -2.08. The molecule has 1 aromatic carbocycles. The van der Waals surface area contributed by atoms with Crippen molar-refractivity contribution in [1.82, 2.24) is 0 Å². The number of amides is 1. The average Bonchev–Trinajstić information content (AvgIpc) is 2.79. The largest absolute Gasteiger partial charge is 0.508 e. The molecule has 0 bridgehead atoms. The Kier molecular flexibility index (Phi) is 4.13. The highest BCUT2D eigenvalue weighted by atomic mass is 32.1. The third-order valence-electron chi connectivity index (χ3n) is 2.81. The van der Waals surface area contributed by atoms with Gasteiger partial charge < -0.3 is 20.3 Å². The number of nitrogens with one attached hydrogen (secondary N) is 1. The van der Waals surface area contributed by atoms with E-state index in [4.69, 9.17) is 0 Å². The molecule has 110 valence electrons. The second-order valence-corrected chi connectivity index (χ2v) is 5.15. The van der Waals surface area contributed by atoms with Gasteiger partial charge >= 0.3 is 5.97 Å². The molecule has 0 unspecified atom stereocenters. The Hall–Kier alpha value is -2.54. The minimum Gasteiger partial charge on any atom is -0.508 e. The van der Waals surface area contributed by atoms with Crippen molar-refractivity contribution in [2.75, 3.05) is 12.4 Å². The monoisotopic (exact) mass is 307 g/mol. The fourth-order valence-electron chi connectivity index (χ4n) is 1.74. The number of thiophene rings is 1. The number of aromatic hydroxyl groups is 2. The van der Waals surface area contributed by atoms with Gasteiger partial charge in [0.25, 0.3) is 5.91 Å². The quantitative estimate of drug-likeness (QED) is 0.757. The van der Waals surface area contributed by atoms with Gasteiger partial charge in [-0.05, 0) is 30.0 Å². The van der Waals surface area contributed by atoms with Crippen LogP contribution in [0.5, 0.6) is 11.5 Å². The molecule has 0 saturated heterocycles. The number of methoxy groups -OCH3 is 1. The molecule has 21 heavy (non-hydrogen) atoms. The van der Waals surface area contributed by atoms with E-state index in [0.29, 0.717) is 11.3 Å². The van der Waals surface area contributed by atoms with Crippen molar-refractivity contribution in [3.63, 3.8) is 0 Å². The van der Waals surface area contributed by atoms with Gasteiger partial charge in [-0.3, -0.25) is 4.79 Å². The standard InChI is InChI=1S/C14H13NO5S/c1-7-6-21-12(14(19)20-2)11(7)15-13(18)9-4-3-8(16)5-10(9)17/h3-6,16-17H,1-2H3,(H,15,18). The first-order valence-corrected chi connectivity index (χ1v) is 6.81. The van der Waals surface area contributed by atoms with Crippen molar-refractivity contribution in [2.24, 2.45) is 0 Å². The van der Waals surface area contributed by atoms with Gasteiger partial charge in [0.1, 0.15) is 16.4 Å². The Labute approximate surface area is 124 Å². The van der Waals surface area contributed by atoms with Crippen LogP contribution in [-0.2, 0) is 4.74 Å². The highest BCUT2D eigenvalue weighted by molar-refractivity contribution is 7.12. The van der Waals surface area contributed by atoms with Crippen molar-refractivity contribution in [2.45, 2.75) is 6.92 Å².